The van der Waals surface area contributed by atoms with E-state index in [0.29, 0.717) is 36.2 Å². The summed E-state index contributed by atoms with van der Waals surface area (Å²) in [5, 5.41) is 4.89. The number of hydrogen-bond acceptors (Lipinski definition) is 4. The number of hydrogen-bond donors (Lipinski definition) is 0. The fourth-order valence-corrected chi connectivity index (χ4v) is 2.42. The van der Waals surface area contributed by atoms with Gasteiger partial charge in [-0.3, -0.25) is 9.30 Å². The molecule has 0 saturated carbocycles. The molecule has 0 fully saturated rings. The van der Waals surface area contributed by atoms with Crippen LogP contribution < -0.4 is 10.4 Å². The molecule has 0 aliphatic carbocycles. The molecule has 7 heteroatoms. The summed E-state index contributed by atoms with van der Waals surface area (Å²) in [6.07, 6.45) is 1.71. The van der Waals surface area contributed by atoms with E-state index < -0.39 is 0 Å². The molecule has 0 radical (unpaired) electrons. The first-order valence-corrected chi connectivity index (χ1v) is 7.63. The van der Waals surface area contributed by atoms with Crippen molar-refractivity contribution in [2.75, 3.05) is 20.2 Å². The maximum Gasteiger partial charge on any atom is 0.351 e. The molecular weight excluding hydrogens is 316 g/mol. The summed E-state index contributed by atoms with van der Waals surface area (Å²) in [5.41, 5.74) is 0.484. The summed E-state index contributed by atoms with van der Waals surface area (Å²) in [6, 6.07) is 12.8. The minimum atomic E-state index is -0.153. The number of fused-ring (bicyclic) bond motifs is 1. The van der Waals surface area contributed by atoms with Gasteiger partial charge in [0.25, 0.3) is 0 Å². The summed E-state index contributed by atoms with van der Waals surface area (Å²) in [6.45, 7) is 1.51. The highest BCUT2D eigenvalue weighted by atomic mass is 35.5. The van der Waals surface area contributed by atoms with Crippen molar-refractivity contribution in [1.82, 2.24) is 19.1 Å². The van der Waals surface area contributed by atoms with E-state index in [4.69, 9.17) is 16.3 Å². The van der Waals surface area contributed by atoms with Gasteiger partial charge in [-0.2, -0.15) is 4.68 Å². The Morgan fingerprint density at radius 3 is 2.78 bits per heavy atom. The highest BCUT2D eigenvalue weighted by Gasteiger charge is 2.08. The third-order valence-corrected chi connectivity index (χ3v) is 3.74. The Morgan fingerprint density at radius 1 is 1.22 bits per heavy atom. The lowest BCUT2D eigenvalue weighted by Gasteiger charge is -2.16. The largest absolute Gasteiger partial charge is 0.491 e. The molecule has 3 aromatic rings. The minimum absolute atomic E-state index is 0.153. The molecule has 2 aromatic heterocycles. The summed E-state index contributed by atoms with van der Waals surface area (Å²) in [4.78, 5) is 14.2. The van der Waals surface area contributed by atoms with Crippen LogP contribution in [-0.2, 0) is 6.67 Å². The summed E-state index contributed by atoms with van der Waals surface area (Å²) < 4.78 is 8.60. The minimum Gasteiger partial charge on any atom is -0.491 e. The van der Waals surface area contributed by atoms with Gasteiger partial charge in [0.05, 0.1) is 11.7 Å². The Kier molecular flexibility index (Phi) is 4.64. The number of ether oxygens (including phenoxy) is 1. The van der Waals surface area contributed by atoms with E-state index in [1.54, 1.807) is 18.3 Å². The number of nitrogens with zero attached hydrogens (tertiary/aromatic N) is 4. The fraction of sp³-hybridized carbons (Fsp3) is 0.250. The predicted molar refractivity (Wildman–Crippen MR) is 89.0 cm³/mol. The van der Waals surface area contributed by atoms with Crippen LogP contribution in [0.1, 0.15) is 0 Å². The van der Waals surface area contributed by atoms with E-state index in [2.05, 4.69) is 5.10 Å². The second-order valence-electron chi connectivity index (χ2n) is 5.21. The quantitative estimate of drug-likeness (QED) is 0.694. The summed E-state index contributed by atoms with van der Waals surface area (Å²) in [5.74, 6) is 0.660. The first kappa shape index (κ1) is 15.6. The molecule has 1 aromatic carbocycles. The van der Waals surface area contributed by atoms with E-state index in [1.807, 2.05) is 42.3 Å². The van der Waals surface area contributed by atoms with Gasteiger partial charge in [-0.1, -0.05) is 29.8 Å². The van der Waals surface area contributed by atoms with Gasteiger partial charge in [0.2, 0.25) is 0 Å². The Morgan fingerprint density at radius 2 is 2.00 bits per heavy atom. The van der Waals surface area contributed by atoms with Gasteiger partial charge in [0.15, 0.2) is 5.65 Å². The third-order valence-electron chi connectivity index (χ3n) is 3.43. The molecule has 0 aliphatic heterocycles. The zero-order valence-corrected chi connectivity index (χ0v) is 13.5. The summed E-state index contributed by atoms with van der Waals surface area (Å²) >= 11 is 6.04. The van der Waals surface area contributed by atoms with Gasteiger partial charge in [-0.25, -0.2) is 4.79 Å². The van der Waals surface area contributed by atoms with Crippen LogP contribution in [0, 0.1) is 0 Å². The second-order valence-corrected chi connectivity index (χ2v) is 5.62. The van der Waals surface area contributed by atoms with E-state index in [0.717, 1.165) is 0 Å². The third kappa shape index (κ3) is 3.55. The van der Waals surface area contributed by atoms with Crippen LogP contribution in [-0.4, -0.2) is 39.3 Å². The molecular formula is C16H17ClN4O2. The molecule has 0 aliphatic rings. The van der Waals surface area contributed by atoms with Gasteiger partial charge >= 0.3 is 5.69 Å². The Balaban J connectivity index is 1.58. The van der Waals surface area contributed by atoms with Crippen LogP contribution >= 0.6 is 11.6 Å². The molecule has 120 valence electrons. The first-order chi connectivity index (χ1) is 11.1. The lowest BCUT2D eigenvalue weighted by atomic mass is 10.3. The Labute approximate surface area is 138 Å². The van der Waals surface area contributed by atoms with Gasteiger partial charge in [-0.15, -0.1) is 5.10 Å². The highest BCUT2D eigenvalue weighted by molar-refractivity contribution is 6.32. The lowest BCUT2D eigenvalue weighted by molar-refractivity contribution is 0.197. The van der Waals surface area contributed by atoms with E-state index in [9.17, 15) is 4.79 Å². The lowest BCUT2D eigenvalue weighted by Crippen LogP contribution is -2.32. The van der Waals surface area contributed by atoms with E-state index in [1.165, 1.54) is 9.08 Å². The van der Waals surface area contributed by atoms with Crippen LogP contribution in [0.4, 0.5) is 0 Å². The number of rotatable bonds is 6. The van der Waals surface area contributed by atoms with Crippen molar-refractivity contribution >= 4 is 17.2 Å². The molecule has 0 unspecified atom stereocenters. The second kappa shape index (κ2) is 6.85. The van der Waals surface area contributed by atoms with Crippen molar-refractivity contribution in [3.05, 3.63) is 64.2 Å². The zero-order valence-electron chi connectivity index (χ0n) is 12.7. The molecule has 6 nitrogen and oxygen atoms in total. The molecule has 0 spiro atoms. The molecule has 0 amide bonds. The Hall–Kier alpha value is -2.31. The monoisotopic (exact) mass is 332 g/mol. The van der Waals surface area contributed by atoms with Crippen molar-refractivity contribution in [3.8, 4) is 5.75 Å². The van der Waals surface area contributed by atoms with Gasteiger partial charge in [0.1, 0.15) is 12.4 Å². The summed E-state index contributed by atoms with van der Waals surface area (Å²) in [7, 11) is 1.91. The first-order valence-electron chi connectivity index (χ1n) is 7.25. The standard InChI is InChI=1S/C16H17ClN4O2/c1-19(10-11-23-14-7-3-2-6-13(14)17)12-21-16(22)20-9-5-4-8-15(20)18-21/h2-9H,10-12H2,1H3. The van der Waals surface area contributed by atoms with Crippen LogP contribution in [0.25, 0.3) is 5.65 Å². The van der Waals surface area contributed by atoms with Gasteiger partial charge in [-0.05, 0) is 31.3 Å². The van der Waals surface area contributed by atoms with Crippen molar-refractivity contribution in [2.24, 2.45) is 0 Å². The molecule has 3 rings (SSSR count). The Bertz CT molecular complexity index is 858. The van der Waals surface area contributed by atoms with Crippen molar-refractivity contribution in [2.45, 2.75) is 6.67 Å². The fourth-order valence-electron chi connectivity index (χ4n) is 2.23. The number of benzene rings is 1. The highest BCUT2D eigenvalue weighted by Crippen LogP contribution is 2.22. The average Bonchev–Trinajstić information content (AvgIpc) is 2.86. The predicted octanol–water partition coefficient (Wildman–Crippen LogP) is 2.12. The zero-order chi connectivity index (χ0) is 16.2. The van der Waals surface area contributed by atoms with Crippen LogP contribution in [0.2, 0.25) is 5.02 Å². The normalized spacial score (nSPS) is 11.3. The number of likely N-dealkylation sites (N-methyl/N-ethyl adjacent to an activating group) is 1. The van der Waals surface area contributed by atoms with E-state index >= 15 is 0 Å². The number of halogens is 1. The van der Waals surface area contributed by atoms with Crippen molar-refractivity contribution in [3.63, 3.8) is 0 Å². The van der Waals surface area contributed by atoms with Crippen LogP contribution in [0.3, 0.4) is 0 Å². The smallest absolute Gasteiger partial charge is 0.351 e. The average molecular weight is 333 g/mol. The van der Waals surface area contributed by atoms with Crippen LogP contribution in [0.15, 0.2) is 53.5 Å². The molecule has 2 heterocycles. The molecule has 0 saturated heterocycles. The van der Waals surface area contributed by atoms with Crippen LogP contribution in [0.5, 0.6) is 5.75 Å². The van der Waals surface area contributed by atoms with Crippen molar-refractivity contribution < 1.29 is 4.74 Å². The van der Waals surface area contributed by atoms with Crippen molar-refractivity contribution in [1.29, 1.82) is 0 Å². The molecule has 23 heavy (non-hydrogen) atoms. The maximum atomic E-state index is 12.2. The number of aromatic nitrogens is 3. The molecule has 0 N–H and O–H groups in total. The SMILES string of the molecule is CN(CCOc1ccccc1Cl)Cn1nc2ccccn2c1=O. The molecule has 0 bridgehead atoms. The number of para-hydroxylation sites is 1. The molecule has 0 atom stereocenters. The van der Waals surface area contributed by atoms with Gasteiger partial charge in [0, 0.05) is 12.7 Å². The topological polar surface area (TPSA) is 51.8 Å². The maximum absolute atomic E-state index is 12.2. The van der Waals surface area contributed by atoms with E-state index in [-0.39, 0.29) is 5.69 Å². The van der Waals surface area contributed by atoms with Gasteiger partial charge < -0.3 is 4.74 Å². The number of pyridine rings is 1.